The van der Waals surface area contributed by atoms with Crippen molar-refractivity contribution in [1.29, 1.82) is 0 Å². The third-order valence-electron chi connectivity index (χ3n) is 2.77. The SMILES string of the molecule is C=C(C)C(=O)N1CC1C(F)(F)C(F)(F)C(F)(F)C(F)F. The topological polar surface area (TPSA) is 20.1 Å². The van der Waals surface area contributed by atoms with Crippen LogP contribution in [0.3, 0.4) is 0 Å². The third kappa shape index (κ3) is 2.24. The molecule has 0 aromatic carbocycles. The zero-order valence-electron chi connectivity index (χ0n) is 9.95. The summed E-state index contributed by atoms with van der Waals surface area (Å²) >= 11 is 0. The quantitative estimate of drug-likeness (QED) is 0.434. The monoisotopic (exact) mass is 311 g/mol. The number of hydrogen-bond acceptors (Lipinski definition) is 1. The molecule has 1 unspecified atom stereocenters. The summed E-state index contributed by atoms with van der Waals surface area (Å²) in [6, 6.07) is -2.56. The Kier molecular flexibility index (Phi) is 3.83. The Morgan fingerprint density at radius 1 is 1.20 bits per heavy atom. The van der Waals surface area contributed by atoms with Crippen LogP contribution in [0.15, 0.2) is 12.2 Å². The predicted molar refractivity (Wildman–Crippen MR) is 51.2 cm³/mol. The summed E-state index contributed by atoms with van der Waals surface area (Å²) in [7, 11) is 0. The molecule has 1 atom stereocenters. The highest BCUT2D eigenvalue weighted by Crippen LogP contribution is 2.53. The van der Waals surface area contributed by atoms with E-state index in [0.29, 0.717) is 0 Å². The zero-order chi connectivity index (χ0) is 16.1. The van der Waals surface area contributed by atoms with Gasteiger partial charge in [0.05, 0.1) is 0 Å². The van der Waals surface area contributed by atoms with Crippen LogP contribution in [0, 0.1) is 0 Å². The molecule has 1 saturated heterocycles. The van der Waals surface area contributed by atoms with Crippen molar-refractivity contribution in [2.75, 3.05) is 6.54 Å². The second-order valence-corrected chi connectivity index (χ2v) is 4.37. The highest BCUT2D eigenvalue weighted by atomic mass is 19.4. The van der Waals surface area contributed by atoms with Crippen molar-refractivity contribution in [2.45, 2.75) is 37.2 Å². The van der Waals surface area contributed by atoms with Crippen LogP contribution in [0.1, 0.15) is 6.92 Å². The number of amides is 1. The first-order valence-electron chi connectivity index (χ1n) is 5.16. The van der Waals surface area contributed by atoms with Gasteiger partial charge in [0.1, 0.15) is 6.04 Å². The molecule has 20 heavy (non-hydrogen) atoms. The lowest BCUT2D eigenvalue weighted by atomic mass is 10.0. The lowest BCUT2D eigenvalue weighted by molar-refractivity contribution is -0.339. The average Bonchev–Trinajstić information content (AvgIpc) is 3.07. The molecule has 0 aliphatic carbocycles. The molecule has 116 valence electrons. The molecule has 1 heterocycles. The summed E-state index contributed by atoms with van der Waals surface area (Å²) in [6.07, 6.45) is -4.97. The van der Waals surface area contributed by atoms with Crippen molar-refractivity contribution in [3.8, 4) is 0 Å². The van der Waals surface area contributed by atoms with Crippen molar-refractivity contribution in [2.24, 2.45) is 0 Å². The molecule has 10 heteroatoms. The average molecular weight is 311 g/mol. The van der Waals surface area contributed by atoms with Gasteiger partial charge in [0.15, 0.2) is 0 Å². The molecule has 1 rings (SSSR count). The standard InChI is InChI=1S/C10H9F8NO/c1-4(2)6(20)19-3-5(19)8(13,14)10(17,18)9(15,16)7(11)12/h5,7H,1,3H2,2H3. The number of hydrogen-bond donors (Lipinski definition) is 0. The van der Waals surface area contributed by atoms with Gasteiger partial charge in [0, 0.05) is 12.1 Å². The van der Waals surface area contributed by atoms with Crippen LogP contribution in [0.4, 0.5) is 35.1 Å². The van der Waals surface area contributed by atoms with Gasteiger partial charge in [0.2, 0.25) is 5.91 Å². The fourth-order valence-electron chi connectivity index (χ4n) is 1.49. The maximum atomic E-state index is 13.3. The minimum Gasteiger partial charge on any atom is -0.326 e. The van der Waals surface area contributed by atoms with Crippen molar-refractivity contribution < 1.29 is 39.9 Å². The van der Waals surface area contributed by atoms with Crippen LogP contribution < -0.4 is 0 Å². The molecule has 1 aliphatic rings. The smallest absolute Gasteiger partial charge is 0.326 e. The molecule has 0 spiro atoms. The number of alkyl halides is 8. The molecule has 2 nitrogen and oxygen atoms in total. The Morgan fingerprint density at radius 3 is 2.00 bits per heavy atom. The second-order valence-electron chi connectivity index (χ2n) is 4.37. The van der Waals surface area contributed by atoms with E-state index in [9.17, 15) is 39.9 Å². The maximum Gasteiger partial charge on any atom is 0.380 e. The molecular formula is C10H9F8NO. The van der Waals surface area contributed by atoms with E-state index in [1.165, 1.54) is 0 Å². The Hall–Kier alpha value is -1.35. The fourth-order valence-corrected chi connectivity index (χ4v) is 1.49. The highest BCUT2D eigenvalue weighted by Gasteiger charge is 2.80. The van der Waals surface area contributed by atoms with Gasteiger partial charge in [-0.3, -0.25) is 4.79 Å². The van der Waals surface area contributed by atoms with Gasteiger partial charge in [-0.25, -0.2) is 8.78 Å². The van der Waals surface area contributed by atoms with Gasteiger partial charge in [-0.15, -0.1) is 0 Å². The van der Waals surface area contributed by atoms with Crippen molar-refractivity contribution >= 4 is 5.91 Å². The van der Waals surface area contributed by atoms with E-state index < -0.39 is 42.7 Å². The van der Waals surface area contributed by atoms with E-state index in [1.54, 1.807) is 0 Å². The summed E-state index contributed by atoms with van der Waals surface area (Å²) in [5, 5.41) is 0. The first kappa shape index (κ1) is 16.7. The first-order valence-corrected chi connectivity index (χ1v) is 5.16. The number of rotatable bonds is 5. The fraction of sp³-hybridized carbons (Fsp3) is 0.700. The summed E-state index contributed by atoms with van der Waals surface area (Å²) in [6.45, 7) is 3.24. The van der Waals surface area contributed by atoms with Crippen molar-refractivity contribution in [3.63, 3.8) is 0 Å². The lowest BCUT2D eigenvalue weighted by Gasteiger charge is -2.32. The molecule has 1 aliphatic heterocycles. The summed E-state index contributed by atoms with van der Waals surface area (Å²) < 4.78 is 102. The van der Waals surface area contributed by atoms with E-state index in [1.807, 2.05) is 0 Å². The van der Waals surface area contributed by atoms with E-state index in [4.69, 9.17) is 0 Å². The summed E-state index contributed by atoms with van der Waals surface area (Å²) in [4.78, 5) is 11.3. The van der Waals surface area contributed by atoms with E-state index in [2.05, 4.69) is 6.58 Å². The summed E-state index contributed by atoms with van der Waals surface area (Å²) in [5.74, 6) is -19.1. The van der Waals surface area contributed by atoms with E-state index in [0.717, 1.165) is 6.92 Å². The van der Waals surface area contributed by atoms with Crippen LogP contribution in [0.25, 0.3) is 0 Å². The normalized spacial score (nSPS) is 20.3. The molecule has 0 aromatic rings. The van der Waals surface area contributed by atoms with Crippen LogP contribution in [-0.4, -0.2) is 47.6 Å². The minimum absolute atomic E-state index is 0.164. The number of carbonyl (C=O) groups is 1. The van der Waals surface area contributed by atoms with Crippen LogP contribution in [-0.2, 0) is 4.79 Å². The van der Waals surface area contributed by atoms with E-state index in [-0.39, 0.29) is 10.5 Å². The Labute approximate surface area is 108 Å². The van der Waals surface area contributed by atoms with Crippen LogP contribution in [0.5, 0.6) is 0 Å². The largest absolute Gasteiger partial charge is 0.380 e. The molecule has 0 saturated carbocycles. The van der Waals surface area contributed by atoms with Crippen LogP contribution in [0.2, 0.25) is 0 Å². The molecule has 0 bridgehead atoms. The van der Waals surface area contributed by atoms with Crippen LogP contribution >= 0.6 is 0 Å². The zero-order valence-corrected chi connectivity index (χ0v) is 9.95. The Bertz CT molecular complexity index is 433. The Balaban J connectivity index is 3.01. The maximum absolute atomic E-state index is 13.3. The van der Waals surface area contributed by atoms with Gasteiger partial charge in [-0.05, 0) is 6.92 Å². The molecule has 0 N–H and O–H groups in total. The Morgan fingerprint density at radius 2 is 1.65 bits per heavy atom. The number of halogens is 8. The molecule has 0 radical (unpaired) electrons. The number of nitrogens with zero attached hydrogens (tertiary/aromatic N) is 1. The molecule has 0 aromatic heterocycles. The minimum atomic E-state index is -6.29. The number of carbonyl (C=O) groups excluding carboxylic acids is 1. The molecule has 1 fully saturated rings. The first-order chi connectivity index (χ1) is 8.78. The van der Waals surface area contributed by atoms with Crippen molar-refractivity contribution in [1.82, 2.24) is 4.90 Å². The third-order valence-corrected chi connectivity index (χ3v) is 2.77. The molecular weight excluding hydrogens is 302 g/mol. The van der Waals surface area contributed by atoms with Gasteiger partial charge < -0.3 is 4.90 Å². The van der Waals surface area contributed by atoms with E-state index >= 15 is 0 Å². The predicted octanol–water partition coefficient (Wildman–Crippen LogP) is 2.94. The second kappa shape index (κ2) is 4.59. The molecule has 1 amide bonds. The van der Waals surface area contributed by atoms with Gasteiger partial charge >= 0.3 is 24.2 Å². The van der Waals surface area contributed by atoms with Crippen molar-refractivity contribution in [3.05, 3.63) is 12.2 Å². The lowest BCUT2D eigenvalue weighted by Crippen LogP contribution is -2.60. The highest BCUT2D eigenvalue weighted by molar-refractivity contribution is 5.94. The van der Waals surface area contributed by atoms with Gasteiger partial charge in [0.25, 0.3) is 0 Å². The summed E-state index contributed by atoms with van der Waals surface area (Å²) in [5.41, 5.74) is -0.271. The van der Waals surface area contributed by atoms with Gasteiger partial charge in [-0.2, -0.15) is 26.3 Å². The van der Waals surface area contributed by atoms with Gasteiger partial charge in [-0.1, -0.05) is 6.58 Å².